The fraction of sp³-hybridized carbons (Fsp3) is 0.412. The van der Waals surface area contributed by atoms with Crippen LogP contribution in [0.5, 0.6) is 0 Å². The molecule has 1 amide bonds. The van der Waals surface area contributed by atoms with Crippen LogP contribution < -0.4 is 10.2 Å². The summed E-state index contributed by atoms with van der Waals surface area (Å²) < 4.78 is 22.6. The number of hydrogen-bond acceptors (Lipinski definition) is 6. The Morgan fingerprint density at radius 2 is 2.20 bits per heavy atom. The van der Waals surface area contributed by atoms with Gasteiger partial charge < -0.3 is 10.2 Å². The SMILES string of the molecule is CC(CS(C)(=O)=O)NC(=O)c1csc(-c2ccc3c(c2)CCN3C)n1. The molecule has 1 atom stereocenters. The van der Waals surface area contributed by atoms with Crippen LogP contribution in [0.1, 0.15) is 23.0 Å². The summed E-state index contributed by atoms with van der Waals surface area (Å²) in [5.41, 5.74) is 3.86. The summed E-state index contributed by atoms with van der Waals surface area (Å²) in [4.78, 5) is 18.9. The number of nitrogens with zero attached hydrogens (tertiary/aromatic N) is 2. The number of carbonyl (C=O) groups is 1. The van der Waals surface area contributed by atoms with Crippen molar-refractivity contribution in [3.05, 3.63) is 34.8 Å². The first kappa shape index (κ1) is 17.9. The van der Waals surface area contributed by atoms with Gasteiger partial charge in [0, 0.05) is 42.5 Å². The van der Waals surface area contributed by atoms with Crippen molar-refractivity contribution in [3.8, 4) is 10.6 Å². The van der Waals surface area contributed by atoms with Gasteiger partial charge in [-0.1, -0.05) is 0 Å². The monoisotopic (exact) mass is 379 g/mol. The van der Waals surface area contributed by atoms with Crippen LogP contribution in [-0.4, -0.2) is 51.0 Å². The van der Waals surface area contributed by atoms with Crippen LogP contribution in [0.4, 0.5) is 5.69 Å². The molecule has 1 aromatic heterocycles. The van der Waals surface area contributed by atoms with E-state index in [2.05, 4.69) is 34.4 Å². The van der Waals surface area contributed by atoms with Crippen molar-refractivity contribution in [1.82, 2.24) is 10.3 Å². The molecule has 134 valence electrons. The van der Waals surface area contributed by atoms with Gasteiger partial charge >= 0.3 is 0 Å². The van der Waals surface area contributed by atoms with Crippen molar-refractivity contribution >= 4 is 32.8 Å². The average Bonchev–Trinajstić information content (AvgIpc) is 3.12. The van der Waals surface area contributed by atoms with Crippen molar-refractivity contribution in [1.29, 1.82) is 0 Å². The highest BCUT2D eigenvalue weighted by atomic mass is 32.2. The lowest BCUT2D eigenvalue weighted by Crippen LogP contribution is -2.37. The van der Waals surface area contributed by atoms with Crippen molar-refractivity contribution < 1.29 is 13.2 Å². The number of sulfone groups is 1. The third-order valence-electron chi connectivity index (χ3n) is 4.12. The largest absolute Gasteiger partial charge is 0.374 e. The van der Waals surface area contributed by atoms with E-state index in [0.29, 0.717) is 5.69 Å². The Hall–Kier alpha value is -1.93. The number of hydrogen-bond donors (Lipinski definition) is 1. The molecule has 0 fully saturated rings. The zero-order chi connectivity index (χ0) is 18.2. The van der Waals surface area contributed by atoms with Gasteiger partial charge in [-0.05, 0) is 37.1 Å². The summed E-state index contributed by atoms with van der Waals surface area (Å²) in [5.74, 6) is -0.437. The number of aromatic nitrogens is 1. The number of benzene rings is 1. The molecule has 0 saturated heterocycles. The summed E-state index contributed by atoms with van der Waals surface area (Å²) >= 11 is 1.41. The van der Waals surface area contributed by atoms with Crippen LogP contribution >= 0.6 is 11.3 Å². The minimum Gasteiger partial charge on any atom is -0.374 e. The van der Waals surface area contributed by atoms with Crippen LogP contribution in [-0.2, 0) is 16.3 Å². The molecule has 25 heavy (non-hydrogen) atoms. The third-order valence-corrected chi connectivity index (χ3v) is 6.12. The van der Waals surface area contributed by atoms with Crippen LogP contribution in [0, 0.1) is 0 Å². The molecule has 1 aliphatic rings. The van der Waals surface area contributed by atoms with Gasteiger partial charge in [-0.2, -0.15) is 0 Å². The molecule has 1 N–H and O–H groups in total. The zero-order valence-electron chi connectivity index (χ0n) is 14.4. The van der Waals surface area contributed by atoms with Gasteiger partial charge in [-0.25, -0.2) is 13.4 Å². The van der Waals surface area contributed by atoms with E-state index in [1.807, 2.05) is 6.07 Å². The summed E-state index contributed by atoms with van der Waals surface area (Å²) in [6, 6.07) is 5.79. The van der Waals surface area contributed by atoms with Gasteiger partial charge in [0.15, 0.2) is 0 Å². The number of thiazole rings is 1. The van der Waals surface area contributed by atoms with Crippen LogP contribution in [0.15, 0.2) is 23.6 Å². The second-order valence-corrected chi connectivity index (χ2v) is 9.56. The van der Waals surface area contributed by atoms with Gasteiger partial charge in [0.1, 0.15) is 20.5 Å². The maximum absolute atomic E-state index is 12.2. The van der Waals surface area contributed by atoms with E-state index in [4.69, 9.17) is 0 Å². The Bertz CT molecular complexity index is 906. The molecule has 0 saturated carbocycles. The molecule has 8 heteroatoms. The molecule has 2 heterocycles. The van der Waals surface area contributed by atoms with E-state index < -0.39 is 15.9 Å². The number of fused-ring (bicyclic) bond motifs is 1. The van der Waals surface area contributed by atoms with Crippen molar-refractivity contribution in [2.24, 2.45) is 0 Å². The van der Waals surface area contributed by atoms with Crippen molar-refractivity contribution in [3.63, 3.8) is 0 Å². The Morgan fingerprint density at radius 3 is 2.92 bits per heavy atom. The lowest BCUT2D eigenvalue weighted by atomic mass is 10.1. The number of nitrogens with one attached hydrogen (secondary N) is 1. The molecule has 1 unspecified atom stereocenters. The minimum atomic E-state index is -3.14. The van der Waals surface area contributed by atoms with Crippen LogP contribution in [0.25, 0.3) is 10.6 Å². The summed E-state index contributed by atoms with van der Waals surface area (Å²) in [5, 5.41) is 5.18. The number of anilines is 1. The average molecular weight is 380 g/mol. The molecular weight excluding hydrogens is 358 g/mol. The van der Waals surface area contributed by atoms with Crippen molar-refractivity contribution in [2.45, 2.75) is 19.4 Å². The van der Waals surface area contributed by atoms with Gasteiger partial charge in [0.25, 0.3) is 5.91 Å². The maximum atomic E-state index is 12.2. The number of rotatable bonds is 5. The summed E-state index contributed by atoms with van der Waals surface area (Å²) in [6.45, 7) is 2.69. The Morgan fingerprint density at radius 1 is 1.44 bits per heavy atom. The molecular formula is C17H21N3O3S2. The molecule has 3 rings (SSSR count). The molecule has 0 aliphatic carbocycles. The van der Waals surface area contributed by atoms with Gasteiger partial charge in [-0.15, -0.1) is 11.3 Å². The lowest BCUT2D eigenvalue weighted by molar-refractivity contribution is 0.0939. The lowest BCUT2D eigenvalue weighted by Gasteiger charge is -2.12. The Labute approximate surface area is 151 Å². The van der Waals surface area contributed by atoms with Crippen LogP contribution in [0.3, 0.4) is 0 Å². The predicted molar refractivity (Wildman–Crippen MR) is 101 cm³/mol. The van der Waals surface area contributed by atoms with E-state index in [-0.39, 0.29) is 11.7 Å². The topological polar surface area (TPSA) is 79.4 Å². The van der Waals surface area contributed by atoms with E-state index in [1.54, 1.807) is 12.3 Å². The maximum Gasteiger partial charge on any atom is 0.271 e. The fourth-order valence-electron chi connectivity index (χ4n) is 3.00. The second-order valence-electron chi connectivity index (χ2n) is 6.52. The minimum absolute atomic E-state index is 0.0892. The first-order valence-corrected chi connectivity index (χ1v) is 11.0. The molecule has 0 bridgehead atoms. The van der Waals surface area contributed by atoms with E-state index in [1.165, 1.54) is 22.6 Å². The molecule has 6 nitrogen and oxygen atoms in total. The normalized spacial score (nSPS) is 15.1. The zero-order valence-corrected chi connectivity index (χ0v) is 16.1. The molecule has 0 spiro atoms. The number of carbonyl (C=O) groups excluding carboxylic acids is 1. The second kappa shape index (κ2) is 6.76. The van der Waals surface area contributed by atoms with Gasteiger partial charge in [-0.3, -0.25) is 4.79 Å². The first-order chi connectivity index (χ1) is 11.7. The van der Waals surface area contributed by atoms with E-state index >= 15 is 0 Å². The Balaban J connectivity index is 1.73. The molecule has 1 aliphatic heterocycles. The highest BCUT2D eigenvalue weighted by Crippen LogP contribution is 2.32. The smallest absolute Gasteiger partial charge is 0.271 e. The quantitative estimate of drug-likeness (QED) is 0.859. The molecule has 2 aromatic rings. The number of amides is 1. The summed E-state index contributed by atoms with van der Waals surface area (Å²) in [6.07, 6.45) is 2.17. The number of likely N-dealkylation sites (N-methyl/N-ethyl adjacent to an activating group) is 1. The van der Waals surface area contributed by atoms with E-state index in [9.17, 15) is 13.2 Å². The van der Waals surface area contributed by atoms with Crippen molar-refractivity contribution in [2.75, 3.05) is 30.5 Å². The van der Waals surface area contributed by atoms with Gasteiger partial charge in [0.05, 0.1) is 5.75 Å². The van der Waals surface area contributed by atoms with Gasteiger partial charge in [0.2, 0.25) is 0 Å². The molecule has 0 radical (unpaired) electrons. The Kier molecular flexibility index (Phi) is 4.83. The molecule has 1 aromatic carbocycles. The van der Waals surface area contributed by atoms with E-state index in [0.717, 1.165) is 29.8 Å². The first-order valence-electron chi connectivity index (χ1n) is 8.01. The van der Waals surface area contributed by atoms with Crippen LogP contribution in [0.2, 0.25) is 0 Å². The third kappa shape index (κ3) is 4.19. The standard InChI is InChI=1S/C17H21N3O3S2/c1-11(10-25(3,22)23)18-16(21)14-9-24-17(19-14)13-4-5-15-12(8-13)6-7-20(15)2/h4-5,8-9,11H,6-7,10H2,1-3H3,(H,18,21). The fourth-order valence-corrected chi connectivity index (χ4v) is 4.79. The highest BCUT2D eigenvalue weighted by molar-refractivity contribution is 7.90. The predicted octanol–water partition coefficient (Wildman–Crippen LogP) is 1.97. The highest BCUT2D eigenvalue weighted by Gasteiger charge is 2.19. The summed E-state index contributed by atoms with van der Waals surface area (Å²) in [7, 11) is -1.06.